The molecule has 0 N–H and O–H groups in total. The molecule has 1 aromatic heterocycles. The quantitative estimate of drug-likeness (QED) is 0.721. The van der Waals surface area contributed by atoms with Gasteiger partial charge in [0.2, 0.25) is 0 Å². The fourth-order valence-corrected chi connectivity index (χ4v) is 5.52. The molecule has 1 aliphatic rings. The number of thioether (sulfide) groups is 1. The van der Waals surface area contributed by atoms with Crippen LogP contribution in [0.2, 0.25) is 0 Å². The minimum absolute atomic E-state index is 0.0456. The Morgan fingerprint density at radius 2 is 2.00 bits per heavy atom. The number of sulfone groups is 1. The third kappa shape index (κ3) is 4.46. The van der Waals surface area contributed by atoms with E-state index in [-0.39, 0.29) is 29.2 Å². The molecular formula is C18H21NO4S2. The molecule has 0 saturated carbocycles. The molecular weight excluding hydrogens is 358 g/mol. The maximum absolute atomic E-state index is 12.7. The van der Waals surface area contributed by atoms with Crippen LogP contribution in [0.15, 0.2) is 51.8 Å². The van der Waals surface area contributed by atoms with Crippen LogP contribution in [0.25, 0.3) is 0 Å². The molecule has 7 heteroatoms. The average Bonchev–Trinajstić information content (AvgIpc) is 3.21. The summed E-state index contributed by atoms with van der Waals surface area (Å²) in [4.78, 5) is 15.4. The van der Waals surface area contributed by atoms with Gasteiger partial charge in [0.15, 0.2) is 15.6 Å². The number of furan rings is 1. The summed E-state index contributed by atoms with van der Waals surface area (Å²) in [5, 5.41) is 0. The Balaban J connectivity index is 1.65. The molecule has 0 bridgehead atoms. The normalized spacial score (nSPS) is 19.0. The van der Waals surface area contributed by atoms with Gasteiger partial charge in [-0.1, -0.05) is 18.2 Å². The molecule has 3 rings (SSSR count). The topological polar surface area (TPSA) is 67.6 Å². The van der Waals surface area contributed by atoms with Crippen molar-refractivity contribution in [3.8, 4) is 0 Å². The molecule has 1 aliphatic heterocycles. The van der Waals surface area contributed by atoms with Crippen LogP contribution >= 0.6 is 11.8 Å². The zero-order chi connectivity index (χ0) is 17.9. The second-order valence-electron chi connectivity index (χ2n) is 6.02. The number of carbonyl (C=O) groups excluding carboxylic acids is 1. The van der Waals surface area contributed by atoms with Gasteiger partial charge in [0.1, 0.15) is 5.76 Å². The third-order valence-corrected chi connectivity index (χ3v) is 7.03. The van der Waals surface area contributed by atoms with Crippen molar-refractivity contribution < 1.29 is 17.6 Å². The summed E-state index contributed by atoms with van der Waals surface area (Å²) in [6, 6.07) is 13.2. The van der Waals surface area contributed by atoms with Crippen molar-refractivity contribution in [2.45, 2.75) is 30.0 Å². The Kier molecular flexibility index (Phi) is 5.54. The Hall–Kier alpha value is -1.73. The van der Waals surface area contributed by atoms with Crippen molar-refractivity contribution in [3.63, 3.8) is 0 Å². The summed E-state index contributed by atoms with van der Waals surface area (Å²) in [6.07, 6.45) is 0.499. The summed E-state index contributed by atoms with van der Waals surface area (Å²) in [6.45, 7) is 2.33. The van der Waals surface area contributed by atoms with Crippen molar-refractivity contribution in [1.29, 1.82) is 0 Å². The minimum atomic E-state index is -3.03. The molecule has 2 heterocycles. The molecule has 0 spiro atoms. The van der Waals surface area contributed by atoms with E-state index in [1.54, 1.807) is 22.7 Å². The summed E-state index contributed by atoms with van der Waals surface area (Å²) < 4.78 is 29.1. The lowest BCUT2D eigenvalue weighted by Crippen LogP contribution is -2.40. The summed E-state index contributed by atoms with van der Waals surface area (Å²) in [5.74, 6) is 1.60. The van der Waals surface area contributed by atoms with Gasteiger partial charge in [-0.25, -0.2) is 8.42 Å². The number of hydrogen-bond acceptors (Lipinski definition) is 5. The number of benzene rings is 1. The predicted octanol–water partition coefficient (Wildman–Crippen LogP) is 3.22. The molecule has 1 fully saturated rings. The predicted molar refractivity (Wildman–Crippen MR) is 98.5 cm³/mol. The van der Waals surface area contributed by atoms with E-state index in [2.05, 4.69) is 0 Å². The number of carbonyl (C=O) groups is 1. The minimum Gasteiger partial charge on any atom is -0.455 e. The summed E-state index contributed by atoms with van der Waals surface area (Å²) in [7, 11) is -3.03. The van der Waals surface area contributed by atoms with Crippen LogP contribution in [0.5, 0.6) is 0 Å². The molecule has 0 aliphatic carbocycles. The van der Waals surface area contributed by atoms with Crippen LogP contribution in [0, 0.1) is 0 Å². The standard InChI is InChI=1S/C18H21NO4S2/c1-2-19(14-10-11-25(21,22)13-14)18(20)17-9-8-15(23-17)12-24-16-6-4-3-5-7-16/h3-9,14H,2,10-13H2,1H3/t14-/m1/s1. The highest BCUT2D eigenvalue weighted by Crippen LogP contribution is 2.25. The van der Waals surface area contributed by atoms with E-state index in [1.165, 1.54) is 0 Å². The van der Waals surface area contributed by atoms with Crippen LogP contribution in [0.4, 0.5) is 0 Å². The van der Waals surface area contributed by atoms with Crippen LogP contribution < -0.4 is 0 Å². The maximum atomic E-state index is 12.7. The van der Waals surface area contributed by atoms with Crippen molar-refractivity contribution in [1.82, 2.24) is 4.90 Å². The van der Waals surface area contributed by atoms with Gasteiger partial charge in [0.05, 0.1) is 17.3 Å². The molecule has 0 unspecified atom stereocenters. The van der Waals surface area contributed by atoms with Crippen LogP contribution in [0.1, 0.15) is 29.7 Å². The van der Waals surface area contributed by atoms with Crippen molar-refractivity contribution >= 4 is 27.5 Å². The van der Waals surface area contributed by atoms with Gasteiger partial charge in [0.25, 0.3) is 5.91 Å². The smallest absolute Gasteiger partial charge is 0.289 e. The molecule has 0 radical (unpaired) electrons. The molecule has 25 heavy (non-hydrogen) atoms. The lowest BCUT2D eigenvalue weighted by Gasteiger charge is -2.25. The fourth-order valence-electron chi connectivity index (χ4n) is 2.97. The Labute approximate surface area is 152 Å². The van der Waals surface area contributed by atoms with Gasteiger partial charge in [-0.3, -0.25) is 4.79 Å². The lowest BCUT2D eigenvalue weighted by atomic mass is 10.2. The summed E-state index contributed by atoms with van der Waals surface area (Å²) in [5.41, 5.74) is 0. The molecule has 134 valence electrons. The van der Waals surface area contributed by atoms with E-state index in [0.717, 1.165) is 10.7 Å². The van der Waals surface area contributed by atoms with Crippen LogP contribution in [-0.2, 0) is 15.6 Å². The van der Waals surface area contributed by atoms with Crippen molar-refractivity contribution in [3.05, 3.63) is 54.0 Å². The number of hydrogen-bond donors (Lipinski definition) is 0. The molecule has 1 saturated heterocycles. The molecule has 1 aromatic carbocycles. The molecule has 1 amide bonds. The third-order valence-electron chi connectivity index (χ3n) is 4.25. The first kappa shape index (κ1) is 18.1. The van der Waals surface area contributed by atoms with Gasteiger partial charge < -0.3 is 9.32 Å². The number of amides is 1. The number of rotatable bonds is 6. The largest absolute Gasteiger partial charge is 0.455 e. The van der Waals surface area contributed by atoms with Gasteiger partial charge in [-0.05, 0) is 37.6 Å². The fraction of sp³-hybridized carbons (Fsp3) is 0.389. The van der Waals surface area contributed by atoms with Gasteiger partial charge in [-0.2, -0.15) is 0 Å². The zero-order valence-corrected chi connectivity index (χ0v) is 15.7. The molecule has 2 aromatic rings. The molecule has 5 nitrogen and oxygen atoms in total. The maximum Gasteiger partial charge on any atom is 0.289 e. The van der Waals surface area contributed by atoms with E-state index in [9.17, 15) is 13.2 Å². The molecule has 1 atom stereocenters. The van der Waals surface area contributed by atoms with E-state index in [0.29, 0.717) is 18.7 Å². The van der Waals surface area contributed by atoms with Crippen molar-refractivity contribution in [2.75, 3.05) is 18.1 Å². The first-order chi connectivity index (χ1) is 12.0. The lowest BCUT2D eigenvalue weighted by molar-refractivity contribution is 0.0674. The highest BCUT2D eigenvalue weighted by Gasteiger charge is 2.35. The number of nitrogens with zero attached hydrogens (tertiary/aromatic N) is 1. The van der Waals surface area contributed by atoms with Crippen LogP contribution in [-0.4, -0.2) is 43.3 Å². The highest BCUT2D eigenvalue weighted by molar-refractivity contribution is 7.98. The van der Waals surface area contributed by atoms with Crippen molar-refractivity contribution in [2.24, 2.45) is 0 Å². The Bertz CT molecular complexity index is 830. The second kappa shape index (κ2) is 7.66. The average molecular weight is 380 g/mol. The Morgan fingerprint density at radius 1 is 1.24 bits per heavy atom. The first-order valence-electron chi connectivity index (χ1n) is 8.26. The van der Waals surface area contributed by atoms with Gasteiger partial charge in [-0.15, -0.1) is 11.8 Å². The Morgan fingerprint density at radius 3 is 2.64 bits per heavy atom. The van der Waals surface area contributed by atoms with Gasteiger partial charge >= 0.3 is 0 Å². The van der Waals surface area contributed by atoms with E-state index in [1.807, 2.05) is 43.3 Å². The zero-order valence-electron chi connectivity index (χ0n) is 14.1. The second-order valence-corrected chi connectivity index (χ2v) is 9.29. The SMILES string of the molecule is CCN(C(=O)c1ccc(CSc2ccccc2)o1)[C@@H]1CCS(=O)(=O)C1. The highest BCUT2D eigenvalue weighted by atomic mass is 32.2. The van der Waals surface area contributed by atoms with E-state index >= 15 is 0 Å². The summed E-state index contributed by atoms with van der Waals surface area (Å²) >= 11 is 1.64. The van der Waals surface area contributed by atoms with E-state index in [4.69, 9.17) is 4.42 Å². The van der Waals surface area contributed by atoms with Crippen LogP contribution in [0.3, 0.4) is 0 Å². The monoisotopic (exact) mass is 379 g/mol. The first-order valence-corrected chi connectivity index (χ1v) is 11.1. The van der Waals surface area contributed by atoms with E-state index < -0.39 is 9.84 Å². The van der Waals surface area contributed by atoms with Gasteiger partial charge in [0, 0.05) is 17.5 Å².